The van der Waals surface area contributed by atoms with Gasteiger partial charge >= 0.3 is 5.97 Å². The Kier molecular flexibility index (Phi) is 5.47. The van der Waals surface area contributed by atoms with Gasteiger partial charge in [0.25, 0.3) is 0 Å². The molecule has 1 aromatic heterocycles. The van der Waals surface area contributed by atoms with E-state index in [0.717, 1.165) is 28.2 Å². The van der Waals surface area contributed by atoms with Crippen molar-refractivity contribution < 1.29 is 14.3 Å². The minimum atomic E-state index is -0.334. The summed E-state index contributed by atoms with van der Waals surface area (Å²) in [6.45, 7) is 7.16. The van der Waals surface area contributed by atoms with Crippen molar-refractivity contribution in [3.05, 3.63) is 58.4 Å². The van der Waals surface area contributed by atoms with E-state index < -0.39 is 0 Å². The van der Waals surface area contributed by atoms with Crippen LogP contribution in [-0.2, 0) is 11.3 Å². The largest absolute Gasteiger partial charge is 0.494 e. The number of nitrogens with zero attached hydrogens (tertiary/aromatic N) is 2. The van der Waals surface area contributed by atoms with Crippen molar-refractivity contribution in [3.8, 4) is 5.75 Å². The molecule has 0 spiro atoms. The summed E-state index contributed by atoms with van der Waals surface area (Å²) in [4.78, 5) is 16.6. The highest BCUT2D eigenvalue weighted by Crippen LogP contribution is 2.26. The highest BCUT2D eigenvalue weighted by molar-refractivity contribution is 6.31. The molecule has 0 N–H and O–H groups in total. The molecule has 5 nitrogen and oxygen atoms in total. The van der Waals surface area contributed by atoms with Crippen LogP contribution in [0.5, 0.6) is 5.75 Å². The SMILES string of the molecule is CCOC(=O)c1ccc2nc(C)n(Cc3ccc(OCC)cc3Cl)c2c1. The van der Waals surface area contributed by atoms with Gasteiger partial charge in [0.15, 0.2) is 0 Å². The molecule has 3 rings (SSSR count). The maximum atomic E-state index is 12.0. The molecule has 1 heterocycles. The Morgan fingerprint density at radius 1 is 1.15 bits per heavy atom. The van der Waals surface area contributed by atoms with E-state index in [1.54, 1.807) is 13.0 Å². The Morgan fingerprint density at radius 2 is 1.96 bits per heavy atom. The van der Waals surface area contributed by atoms with Crippen molar-refractivity contribution in [1.82, 2.24) is 9.55 Å². The predicted octanol–water partition coefficient (Wildman–Crippen LogP) is 4.62. The topological polar surface area (TPSA) is 53.3 Å². The summed E-state index contributed by atoms with van der Waals surface area (Å²) in [6.07, 6.45) is 0. The predicted molar refractivity (Wildman–Crippen MR) is 102 cm³/mol. The Hall–Kier alpha value is -2.53. The minimum Gasteiger partial charge on any atom is -0.494 e. The molecule has 3 aromatic rings. The molecule has 0 saturated carbocycles. The van der Waals surface area contributed by atoms with E-state index in [-0.39, 0.29) is 5.97 Å². The van der Waals surface area contributed by atoms with Crippen molar-refractivity contribution in [1.29, 1.82) is 0 Å². The number of benzene rings is 2. The molecule has 0 saturated heterocycles. The van der Waals surface area contributed by atoms with Gasteiger partial charge in [-0.05, 0) is 56.7 Å². The Bertz CT molecular complexity index is 950. The second-order valence-corrected chi connectivity index (χ2v) is 6.26. The number of aromatic nitrogens is 2. The molecule has 0 aliphatic heterocycles. The third-order valence-corrected chi connectivity index (χ3v) is 4.47. The van der Waals surface area contributed by atoms with Crippen LogP contribution in [0.4, 0.5) is 0 Å². The van der Waals surface area contributed by atoms with Gasteiger partial charge in [0.2, 0.25) is 0 Å². The number of carbonyl (C=O) groups is 1. The second kappa shape index (κ2) is 7.79. The van der Waals surface area contributed by atoms with Crippen molar-refractivity contribution in [2.24, 2.45) is 0 Å². The maximum absolute atomic E-state index is 12.0. The molecule has 0 aliphatic carbocycles. The normalized spacial score (nSPS) is 10.9. The summed E-state index contributed by atoms with van der Waals surface area (Å²) in [5.74, 6) is 1.27. The third-order valence-electron chi connectivity index (χ3n) is 4.11. The van der Waals surface area contributed by atoms with Crippen LogP contribution in [-0.4, -0.2) is 28.7 Å². The number of fused-ring (bicyclic) bond motifs is 1. The van der Waals surface area contributed by atoms with E-state index in [9.17, 15) is 4.79 Å². The summed E-state index contributed by atoms with van der Waals surface area (Å²) in [6, 6.07) is 11.1. The van der Waals surface area contributed by atoms with E-state index in [4.69, 9.17) is 21.1 Å². The lowest BCUT2D eigenvalue weighted by Gasteiger charge is -2.11. The fourth-order valence-corrected chi connectivity index (χ4v) is 3.10. The Labute approximate surface area is 157 Å². The molecule has 0 aliphatic rings. The van der Waals surface area contributed by atoms with Crippen molar-refractivity contribution in [2.45, 2.75) is 27.3 Å². The fraction of sp³-hybridized carbons (Fsp3) is 0.300. The first-order valence-corrected chi connectivity index (χ1v) is 8.96. The molecule has 0 bridgehead atoms. The highest BCUT2D eigenvalue weighted by atomic mass is 35.5. The fourth-order valence-electron chi connectivity index (χ4n) is 2.87. The number of aryl methyl sites for hydroxylation is 1. The Balaban J connectivity index is 1.98. The molecule has 0 amide bonds. The second-order valence-electron chi connectivity index (χ2n) is 5.86. The van der Waals surface area contributed by atoms with Crippen molar-refractivity contribution >= 4 is 28.6 Å². The molecule has 136 valence electrons. The van der Waals surface area contributed by atoms with E-state index in [0.29, 0.717) is 30.3 Å². The molecular formula is C20H21ClN2O3. The van der Waals surface area contributed by atoms with Gasteiger partial charge in [-0.3, -0.25) is 0 Å². The van der Waals surface area contributed by atoms with Gasteiger partial charge in [0, 0.05) is 5.02 Å². The first-order valence-electron chi connectivity index (χ1n) is 8.58. The summed E-state index contributed by atoms with van der Waals surface area (Å²) in [5, 5.41) is 0.638. The Morgan fingerprint density at radius 3 is 2.65 bits per heavy atom. The van der Waals surface area contributed by atoms with Gasteiger partial charge in [0.05, 0.1) is 36.4 Å². The van der Waals surface area contributed by atoms with Gasteiger partial charge in [0.1, 0.15) is 11.6 Å². The van der Waals surface area contributed by atoms with Crippen LogP contribution in [0, 0.1) is 6.92 Å². The van der Waals surface area contributed by atoms with Crippen LogP contribution < -0.4 is 4.74 Å². The monoisotopic (exact) mass is 372 g/mol. The quantitative estimate of drug-likeness (QED) is 0.592. The number of rotatable bonds is 6. The standard InChI is InChI=1S/C20H21ClN2O3/c1-4-25-16-8-6-15(17(21)11-16)12-23-13(3)22-18-9-7-14(10-19(18)23)20(24)26-5-2/h6-11H,4-5,12H2,1-3H3. The molecule has 2 aromatic carbocycles. The lowest BCUT2D eigenvalue weighted by Crippen LogP contribution is -2.06. The van der Waals surface area contributed by atoms with E-state index in [1.165, 1.54) is 0 Å². The molecule has 0 radical (unpaired) electrons. The van der Waals surface area contributed by atoms with Crippen LogP contribution in [0.3, 0.4) is 0 Å². The summed E-state index contributed by atoms with van der Waals surface area (Å²) >= 11 is 6.42. The van der Waals surface area contributed by atoms with Crippen LogP contribution in [0.2, 0.25) is 5.02 Å². The zero-order valence-electron chi connectivity index (χ0n) is 15.1. The minimum absolute atomic E-state index is 0.334. The first-order chi connectivity index (χ1) is 12.5. The van der Waals surface area contributed by atoms with Crippen LogP contribution in [0.25, 0.3) is 11.0 Å². The average Bonchev–Trinajstić information content (AvgIpc) is 2.92. The molecular weight excluding hydrogens is 352 g/mol. The number of imidazole rings is 1. The molecule has 0 unspecified atom stereocenters. The van der Waals surface area contributed by atoms with Gasteiger partial charge in [-0.15, -0.1) is 0 Å². The lowest BCUT2D eigenvalue weighted by atomic mass is 10.2. The summed E-state index contributed by atoms with van der Waals surface area (Å²) in [5.41, 5.74) is 3.17. The summed E-state index contributed by atoms with van der Waals surface area (Å²) < 4.78 is 12.6. The van der Waals surface area contributed by atoms with Gasteiger partial charge in [-0.2, -0.15) is 0 Å². The number of hydrogen-bond acceptors (Lipinski definition) is 4. The summed E-state index contributed by atoms with van der Waals surface area (Å²) in [7, 11) is 0. The number of halogens is 1. The van der Waals surface area contributed by atoms with E-state index >= 15 is 0 Å². The zero-order chi connectivity index (χ0) is 18.7. The number of carbonyl (C=O) groups excluding carboxylic acids is 1. The van der Waals surface area contributed by atoms with Crippen molar-refractivity contribution in [2.75, 3.05) is 13.2 Å². The highest BCUT2D eigenvalue weighted by Gasteiger charge is 2.14. The van der Waals surface area contributed by atoms with Gasteiger partial charge in [-0.1, -0.05) is 17.7 Å². The zero-order valence-corrected chi connectivity index (χ0v) is 15.8. The molecule has 6 heteroatoms. The van der Waals surface area contributed by atoms with Crippen LogP contribution in [0.15, 0.2) is 36.4 Å². The third kappa shape index (κ3) is 3.68. The maximum Gasteiger partial charge on any atom is 0.338 e. The molecule has 0 atom stereocenters. The number of ether oxygens (including phenoxy) is 2. The van der Waals surface area contributed by atoms with Crippen LogP contribution >= 0.6 is 11.6 Å². The lowest BCUT2D eigenvalue weighted by molar-refractivity contribution is 0.0526. The smallest absolute Gasteiger partial charge is 0.338 e. The van der Waals surface area contributed by atoms with Crippen molar-refractivity contribution in [3.63, 3.8) is 0 Å². The van der Waals surface area contributed by atoms with Gasteiger partial charge < -0.3 is 14.0 Å². The van der Waals surface area contributed by atoms with E-state index in [2.05, 4.69) is 4.98 Å². The molecule has 26 heavy (non-hydrogen) atoms. The number of esters is 1. The first kappa shape index (κ1) is 18.3. The molecule has 0 fully saturated rings. The van der Waals surface area contributed by atoms with Gasteiger partial charge in [-0.25, -0.2) is 9.78 Å². The number of hydrogen-bond donors (Lipinski definition) is 0. The van der Waals surface area contributed by atoms with Crippen LogP contribution in [0.1, 0.15) is 35.6 Å². The van der Waals surface area contributed by atoms with E-state index in [1.807, 2.05) is 48.7 Å². The average molecular weight is 373 g/mol.